The Hall–Kier alpha value is -2.69. The van der Waals surface area contributed by atoms with Crippen molar-refractivity contribution in [3.05, 3.63) is 53.1 Å². The lowest BCUT2D eigenvalue weighted by molar-refractivity contribution is 0.0950. The third-order valence-electron chi connectivity index (χ3n) is 3.51. The smallest absolute Gasteiger partial charge is 0.251 e. The van der Waals surface area contributed by atoms with Crippen LogP contribution in [0.1, 0.15) is 21.5 Å². The van der Waals surface area contributed by atoms with Gasteiger partial charge in [-0.2, -0.15) is 0 Å². The van der Waals surface area contributed by atoms with Crippen molar-refractivity contribution in [3.63, 3.8) is 0 Å². The Labute approximate surface area is 122 Å². The predicted molar refractivity (Wildman–Crippen MR) is 79.3 cm³/mol. The van der Waals surface area contributed by atoms with Gasteiger partial charge in [-0.3, -0.25) is 4.79 Å². The van der Waals surface area contributed by atoms with Crippen LogP contribution in [0.5, 0.6) is 11.5 Å². The molecule has 0 aromatic heterocycles. The van der Waals surface area contributed by atoms with E-state index in [9.17, 15) is 4.79 Å². The number of anilines is 1. The summed E-state index contributed by atoms with van der Waals surface area (Å²) in [7, 11) is 0. The summed E-state index contributed by atoms with van der Waals surface area (Å²) < 4.78 is 10.6. The minimum absolute atomic E-state index is 0.141. The van der Waals surface area contributed by atoms with E-state index in [1.54, 1.807) is 18.2 Å². The molecule has 3 rings (SSSR count). The van der Waals surface area contributed by atoms with Crippen LogP contribution in [0.3, 0.4) is 0 Å². The van der Waals surface area contributed by atoms with Gasteiger partial charge < -0.3 is 20.5 Å². The third kappa shape index (κ3) is 2.63. The molecule has 5 nitrogen and oxygen atoms in total. The first kappa shape index (κ1) is 13.3. The van der Waals surface area contributed by atoms with Crippen molar-refractivity contribution in [2.45, 2.75) is 13.5 Å². The van der Waals surface area contributed by atoms with E-state index in [2.05, 4.69) is 5.32 Å². The number of nitrogens with two attached hydrogens (primary N) is 1. The first-order valence-corrected chi connectivity index (χ1v) is 6.67. The van der Waals surface area contributed by atoms with E-state index < -0.39 is 0 Å². The molecule has 0 atom stereocenters. The molecule has 21 heavy (non-hydrogen) atoms. The van der Waals surface area contributed by atoms with E-state index in [0.717, 1.165) is 16.9 Å². The Balaban J connectivity index is 1.70. The van der Waals surface area contributed by atoms with Crippen LogP contribution in [0, 0.1) is 6.92 Å². The summed E-state index contributed by atoms with van der Waals surface area (Å²) in [6.07, 6.45) is 0. The van der Waals surface area contributed by atoms with Crippen LogP contribution in [0.2, 0.25) is 0 Å². The molecule has 5 heteroatoms. The van der Waals surface area contributed by atoms with Gasteiger partial charge in [0.15, 0.2) is 11.5 Å². The van der Waals surface area contributed by atoms with Gasteiger partial charge in [0.05, 0.1) is 0 Å². The van der Waals surface area contributed by atoms with E-state index in [0.29, 0.717) is 23.5 Å². The van der Waals surface area contributed by atoms with Crippen molar-refractivity contribution >= 4 is 11.6 Å². The summed E-state index contributed by atoms with van der Waals surface area (Å²) in [6.45, 7) is 2.50. The summed E-state index contributed by atoms with van der Waals surface area (Å²) in [5.74, 6) is 1.30. The molecule has 0 fully saturated rings. The van der Waals surface area contributed by atoms with Crippen LogP contribution in [0.25, 0.3) is 0 Å². The summed E-state index contributed by atoms with van der Waals surface area (Å²) in [5.41, 5.74) is 8.77. The van der Waals surface area contributed by atoms with Crippen molar-refractivity contribution < 1.29 is 14.3 Å². The highest BCUT2D eigenvalue weighted by molar-refractivity contribution is 5.96. The van der Waals surface area contributed by atoms with Crippen LogP contribution in [-0.4, -0.2) is 12.7 Å². The largest absolute Gasteiger partial charge is 0.454 e. The number of hydrogen-bond donors (Lipinski definition) is 2. The molecule has 1 aliphatic heterocycles. The van der Waals surface area contributed by atoms with Gasteiger partial charge in [0.2, 0.25) is 6.79 Å². The zero-order valence-electron chi connectivity index (χ0n) is 11.7. The molecule has 3 N–H and O–H groups in total. The number of nitrogen functional groups attached to an aromatic ring is 1. The lowest BCUT2D eigenvalue weighted by atomic mass is 10.1. The van der Waals surface area contributed by atoms with Crippen LogP contribution in [0.15, 0.2) is 36.4 Å². The average Bonchev–Trinajstić information content (AvgIpc) is 2.95. The minimum Gasteiger partial charge on any atom is -0.454 e. The molecule has 2 aromatic carbocycles. The van der Waals surface area contributed by atoms with E-state index in [-0.39, 0.29) is 12.7 Å². The van der Waals surface area contributed by atoms with Gasteiger partial charge in [-0.15, -0.1) is 0 Å². The van der Waals surface area contributed by atoms with Crippen LogP contribution in [0.4, 0.5) is 5.69 Å². The molecular formula is C16H16N2O3. The second kappa shape index (κ2) is 5.36. The SMILES string of the molecule is Cc1c(N)cccc1C(=O)NCc1ccc2c(c1)OCO2. The molecule has 0 bridgehead atoms. The summed E-state index contributed by atoms with van der Waals surface area (Å²) >= 11 is 0. The number of carbonyl (C=O) groups is 1. The maximum absolute atomic E-state index is 12.2. The van der Waals surface area contributed by atoms with Gasteiger partial charge >= 0.3 is 0 Å². The van der Waals surface area contributed by atoms with Gasteiger partial charge in [0, 0.05) is 17.8 Å². The normalized spacial score (nSPS) is 12.2. The molecule has 0 saturated carbocycles. The monoisotopic (exact) mass is 284 g/mol. The van der Waals surface area contributed by atoms with Crippen LogP contribution in [-0.2, 0) is 6.54 Å². The quantitative estimate of drug-likeness (QED) is 0.848. The number of nitrogens with one attached hydrogen (secondary N) is 1. The summed E-state index contributed by atoms with van der Waals surface area (Å²) in [5, 5.41) is 2.88. The zero-order chi connectivity index (χ0) is 14.8. The summed E-state index contributed by atoms with van der Waals surface area (Å²) in [6, 6.07) is 10.9. The minimum atomic E-state index is -0.141. The maximum atomic E-state index is 12.2. The van der Waals surface area contributed by atoms with Gasteiger partial charge in [-0.05, 0) is 42.3 Å². The highest BCUT2D eigenvalue weighted by Crippen LogP contribution is 2.32. The van der Waals surface area contributed by atoms with E-state index in [4.69, 9.17) is 15.2 Å². The van der Waals surface area contributed by atoms with Crippen molar-refractivity contribution in [2.75, 3.05) is 12.5 Å². The fourth-order valence-electron chi connectivity index (χ4n) is 2.23. The Bertz CT molecular complexity index is 698. The zero-order valence-corrected chi connectivity index (χ0v) is 11.7. The number of benzene rings is 2. The fourth-order valence-corrected chi connectivity index (χ4v) is 2.23. The highest BCUT2D eigenvalue weighted by atomic mass is 16.7. The predicted octanol–water partition coefficient (Wildman–Crippen LogP) is 2.24. The molecule has 0 unspecified atom stereocenters. The topological polar surface area (TPSA) is 73.6 Å². The molecule has 0 radical (unpaired) electrons. The van der Waals surface area contributed by atoms with Crippen molar-refractivity contribution in [2.24, 2.45) is 0 Å². The second-order valence-electron chi connectivity index (χ2n) is 4.89. The molecule has 0 saturated heterocycles. The Morgan fingerprint density at radius 1 is 1.24 bits per heavy atom. The van der Waals surface area contributed by atoms with E-state index in [1.807, 2.05) is 25.1 Å². The molecule has 1 aliphatic rings. The molecule has 0 aliphatic carbocycles. The Morgan fingerprint density at radius 2 is 2.05 bits per heavy atom. The highest BCUT2D eigenvalue weighted by Gasteiger charge is 2.14. The fraction of sp³-hybridized carbons (Fsp3) is 0.188. The number of rotatable bonds is 3. The van der Waals surface area contributed by atoms with Crippen molar-refractivity contribution in [3.8, 4) is 11.5 Å². The lowest BCUT2D eigenvalue weighted by Crippen LogP contribution is -2.23. The van der Waals surface area contributed by atoms with Gasteiger partial charge in [-0.1, -0.05) is 12.1 Å². The molecular weight excluding hydrogens is 268 g/mol. The number of amides is 1. The summed E-state index contributed by atoms with van der Waals surface area (Å²) in [4.78, 5) is 12.2. The molecule has 1 heterocycles. The van der Waals surface area contributed by atoms with Crippen molar-refractivity contribution in [1.29, 1.82) is 0 Å². The number of ether oxygens (including phenoxy) is 2. The first-order valence-electron chi connectivity index (χ1n) is 6.67. The Morgan fingerprint density at radius 3 is 2.90 bits per heavy atom. The van der Waals surface area contributed by atoms with Crippen LogP contribution < -0.4 is 20.5 Å². The van der Waals surface area contributed by atoms with E-state index in [1.165, 1.54) is 0 Å². The van der Waals surface area contributed by atoms with Crippen LogP contribution >= 0.6 is 0 Å². The Kier molecular flexibility index (Phi) is 3.39. The lowest BCUT2D eigenvalue weighted by Gasteiger charge is -2.09. The first-order chi connectivity index (χ1) is 10.1. The second-order valence-corrected chi connectivity index (χ2v) is 4.89. The number of carbonyl (C=O) groups excluding carboxylic acids is 1. The van der Waals surface area contributed by atoms with E-state index >= 15 is 0 Å². The standard InChI is InChI=1S/C16H16N2O3/c1-10-12(3-2-4-13(10)17)16(19)18-8-11-5-6-14-15(7-11)21-9-20-14/h2-7H,8-9,17H2,1H3,(H,18,19). The van der Waals surface area contributed by atoms with Crippen molar-refractivity contribution in [1.82, 2.24) is 5.32 Å². The maximum Gasteiger partial charge on any atom is 0.251 e. The van der Waals surface area contributed by atoms with Gasteiger partial charge in [0.1, 0.15) is 0 Å². The third-order valence-corrected chi connectivity index (χ3v) is 3.51. The van der Waals surface area contributed by atoms with Gasteiger partial charge in [-0.25, -0.2) is 0 Å². The van der Waals surface area contributed by atoms with Gasteiger partial charge in [0.25, 0.3) is 5.91 Å². The number of hydrogen-bond acceptors (Lipinski definition) is 4. The molecule has 2 aromatic rings. The molecule has 0 spiro atoms. The number of fused-ring (bicyclic) bond motifs is 1. The molecule has 1 amide bonds. The molecule has 108 valence electrons. The average molecular weight is 284 g/mol.